The SMILES string of the molecule is Cc1nocc1C(=O)Nc1nn(CCC(C)(C)O)c2ncc(-c3ccc4c(c3F)CCC4)cc12. The van der Waals surface area contributed by atoms with Crippen LogP contribution in [0.25, 0.3) is 22.2 Å². The molecule has 0 saturated carbocycles. The van der Waals surface area contributed by atoms with Crippen molar-refractivity contribution >= 4 is 22.8 Å². The molecular weight excluding hydrogens is 437 g/mol. The summed E-state index contributed by atoms with van der Waals surface area (Å²) in [6, 6.07) is 5.57. The van der Waals surface area contributed by atoms with Gasteiger partial charge in [0.25, 0.3) is 5.91 Å². The second-order valence-corrected chi connectivity index (χ2v) is 9.42. The summed E-state index contributed by atoms with van der Waals surface area (Å²) >= 11 is 0. The van der Waals surface area contributed by atoms with Crippen LogP contribution in [0.1, 0.15) is 53.9 Å². The third kappa shape index (κ3) is 4.07. The molecule has 8 nitrogen and oxygen atoms in total. The number of halogens is 1. The number of aryl methyl sites for hydroxylation is 3. The van der Waals surface area contributed by atoms with E-state index in [4.69, 9.17) is 4.52 Å². The van der Waals surface area contributed by atoms with Gasteiger partial charge in [0.2, 0.25) is 0 Å². The fourth-order valence-electron chi connectivity index (χ4n) is 4.36. The zero-order valence-electron chi connectivity index (χ0n) is 19.4. The van der Waals surface area contributed by atoms with Crippen molar-refractivity contribution in [3.8, 4) is 11.1 Å². The van der Waals surface area contributed by atoms with Gasteiger partial charge in [-0.2, -0.15) is 5.10 Å². The van der Waals surface area contributed by atoms with Gasteiger partial charge in [-0.1, -0.05) is 17.3 Å². The number of fused-ring (bicyclic) bond motifs is 2. The molecular formula is C25H26FN5O3. The molecule has 3 aromatic heterocycles. The summed E-state index contributed by atoms with van der Waals surface area (Å²) in [5.74, 6) is -0.328. The number of aromatic nitrogens is 4. The second kappa shape index (κ2) is 8.32. The van der Waals surface area contributed by atoms with E-state index in [0.717, 1.165) is 30.4 Å². The summed E-state index contributed by atoms with van der Waals surface area (Å²) in [4.78, 5) is 17.4. The van der Waals surface area contributed by atoms with Crippen molar-refractivity contribution in [2.75, 3.05) is 5.32 Å². The van der Waals surface area contributed by atoms with Crippen LogP contribution in [0.5, 0.6) is 0 Å². The van der Waals surface area contributed by atoms with Gasteiger partial charge in [0.05, 0.1) is 16.7 Å². The van der Waals surface area contributed by atoms with E-state index in [0.29, 0.717) is 52.2 Å². The lowest BCUT2D eigenvalue weighted by atomic mass is 10.00. The lowest BCUT2D eigenvalue weighted by Crippen LogP contribution is -2.21. The topological polar surface area (TPSA) is 106 Å². The molecule has 2 N–H and O–H groups in total. The number of amides is 1. The predicted molar refractivity (Wildman–Crippen MR) is 125 cm³/mol. The maximum absolute atomic E-state index is 15.3. The molecule has 3 heterocycles. The van der Waals surface area contributed by atoms with Crippen molar-refractivity contribution in [2.45, 2.75) is 58.6 Å². The zero-order chi connectivity index (χ0) is 24.0. The number of carbonyl (C=O) groups excluding carboxylic acids is 1. The van der Waals surface area contributed by atoms with E-state index in [2.05, 4.69) is 20.6 Å². The average molecular weight is 464 g/mol. The van der Waals surface area contributed by atoms with Crippen LogP contribution in [-0.4, -0.2) is 36.5 Å². The number of carbonyl (C=O) groups is 1. The molecule has 1 amide bonds. The Balaban J connectivity index is 1.58. The van der Waals surface area contributed by atoms with Crippen molar-refractivity contribution in [3.05, 3.63) is 58.9 Å². The Morgan fingerprint density at radius 3 is 2.88 bits per heavy atom. The van der Waals surface area contributed by atoms with Gasteiger partial charge >= 0.3 is 0 Å². The van der Waals surface area contributed by atoms with Gasteiger partial charge in [-0.05, 0) is 63.6 Å². The van der Waals surface area contributed by atoms with E-state index < -0.39 is 11.5 Å². The molecule has 0 saturated heterocycles. The molecule has 0 aliphatic heterocycles. The minimum Gasteiger partial charge on any atom is -0.390 e. The number of pyridine rings is 1. The van der Waals surface area contributed by atoms with Crippen LogP contribution < -0.4 is 5.32 Å². The quantitative estimate of drug-likeness (QED) is 0.438. The highest BCUT2D eigenvalue weighted by Crippen LogP contribution is 2.34. The standard InChI is InChI=1S/C25H26FN5O3/c1-14-20(13-34-30-14)24(32)28-22-19-11-16(18-8-7-15-5-4-6-17(15)21(18)26)12-27-23(19)31(29-22)10-9-25(2,3)33/h7-8,11-13,33H,4-6,9-10H2,1-3H3,(H,28,29,32). The van der Waals surface area contributed by atoms with E-state index in [1.54, 1.807) is 43.8 Å². The highest BCUT2D eigenvalue weighted by Gasteiger charge is 2.23. The number of nitrogens with one attached hydrogen (secondary N) is 1. The Labute approximate surface area is 195 Å². The molecule has 1 aliphatic carbocycles. The molecule has 0 atom stereocenters. The Bertz CT molecular complexity index is 1400. The van der Waals surface area contributed by atoms with Crippen LogP contribution >= 0.6 is 0 Å². The summed E-state index contributed by atoms with van der Waals surface area (Å²) in [7, 11) is 0. The molecule has 9 heteroatoms. The third-order valence-corrected chi connectivity index (χ3v) is 6.27. The van der Waals surface area contributed by atoms with Crippen LogP contribution in [0.2, 0.25) is 0 Å². The molecule has 0 unspecified atom stereocenters. The molecule has 0 radical (unpaired) electrons. The van der Waals surface area contributed by atoms with Gasteiger partial charge in [0.1, 0.15) is 17.6 Å². The first-order valence-corrected chi connectivity index (χ1v) is 11.3. The van der Waals surface area contributed by atoms with Gasteiger partial charge in [-0.15, -0.1) is 0 Å². The minimum absolute atomic E-state index is 0.212. The molecule has 0 spiro atoms. The lowest BCUT2D eigenvalue weighted by Gasteiger charge is -2.16. The molecule has 4 aromatic rings. The number of hydrogen-bond donors (Lipinski definition) is 2. The first kappa shape index (κ1) is 22.2. The van der Waals surface area contributed by atoms with Crippen molar-refractivity contribution in [3.63, 3.8) is 0 Å². The lowest BCUT2D eigenvalue weighted by molar-refractivity contribution is 0.0654. The van der Waals surface area contributed by atoms with Crippen molar-refractivity contribution in [1.82, 2.24) is 19.9 Å². The van der Waals surface area contributed by atoms with E-state index in [1.807, 2.05) is 6.07 Å². The summed E-state index contributed by atoms with van der Waals surface area (Å²) in [6.45, 7) is 5.51. The molecule has 34 heavy (non-hydrogen) atoms. The highest BCUT2D eigenvalue weighted by molar-refractivity contribution is 6.08. The van der Waals surface area contributed by atoms with Gasteiger partial charge in [-0.3, -0.25) is 4.79 Å². The third-order valence-electron chi connectivity index (χ3n) is 6.27. The number of anilines is 1. The van der Waals surface area contributed by atoms with Crippen molar-refractivity contribution < 1.29 is 18.8 Å². The maximum atomic E-state index is 15.3. The van der Waals surface area contributed by atoms with Gasteiger partial charge in [0, 0.05) is 23.9 Å². The highest BCUT2D eigenvalue weighted by atomic mass is 19.1. The molecule has 5 rings (SSSR count). The van der Waals surface area contributed by atoms with Crippen LogP contribution in [0.3, 0.4) is 0 Å². The average Bonchev–Trinajstić information content (AvgIpc) is 3.51. The fraction of sp³-hybridized carbons (Fsp3) is 0.360. The number of hydrogen-bond acceptors (Lipinski definition) is 6. The van der Waals surface area contributed by atoms with Crippen molar-refractivity contribution in [2.24, 2.45) is 0 Å². The Hall–Kier alpha value is -3.59. The second-order valence-electron chi connectivity index (χ2n) is 9.42. The largest absolute Gasteiger partial charge is 0.390 e. The minimum atomic E-state index is -0.894. The van der Waals surface area contributed by atoms with Gasteiger partial charge in [0.15, 0.2) is 11.5 Å². The number of nitrogens with zero attached hydrogens (tertiary/aromatic N) is 4. The smallest absolute Gasteiger partial charge is 0.262 e. The maximum Gasteiger partial charge on any atom is 0.262 e. The number of aliphatic hydroxyl groups is 1. The zero-order valence-corrected chi connectivity index (χ0v) is 19.4. The van der Waals surface area contributed by atoms with Crippen molar-refractivity contribution in [1.29, 1.82) is 0 Å². The van der Waals surface area contributed by atoms with E-state index in [-0.39, 0.29) is 5.82 Å². The van der Waals surface area contributed by atoms with E-state index in [1.165, 1.54) is 6.26 Å². The van der Waals surface area contributed by atoms with Crippen LogP contribution in [0.15, 0.2) is 35.2 Å². The Morgan fingerprint density at radius 1 is 1.32 bits per heavy atom. The van der Waals surface area contributed by atoms with E-state index >= 15 is 4.39 Å². The summed E-state index contributed by atoms with van der Waals surface area (Å²) in [6.07, 6.45) is 5.93. The predicted octanol–water partition coefficient (Wildman–Crippen LogP) is 4.44. The number of rotatable bonds is 6. The van der Waals surface area contributed by atoms with Crippen LogP contribution in [0.4, 0.5) is 10.2 Å². The van der Waals surface area contributed by atoms with Crippen LogP contribution in [0, 0.1) is 12.7 Å². The van der Waals surface area contributed by atoms with Gasteiger partial charge < -0.3 is 14.9 Å². The molecule has 176 valence electrons. The number of benzene rings is 1. The summed E-state index contributed by atoms with van der Waals surface area (Å²) in [5, 5.41) is 21.9. The Kier molecular flexibility index (Phi) is 5.44. The summed E-state index contributed by atoms with van der Waals surface area (Å²) in [5.41, 5.74) is 3.32. The molecule has 1 aromatic carbocycles. The fourth-order valence-corrected chi connectivity index (χ4v) is 4.36. The van der Waals surface area contributed by atoms with E-state index in [9.17, 15) is 9.90 Å². The summed E-state index contributed by atoms with van der Waals surface area (Å²) < 4.78 is 21.8. The first-order valence-electron chi connectivity index (χ1n) is 11.3. The van der Waals surface area contributed by atoms with Gasteiger partial charge in [-0.25, -0.2) is 14.1 Å². The Morgan fingerprint density at radius 2 is 2.15 bits per heavy atom. The first-order chi connectivity index (χ1) is 16.2. The van der Waals surface area contributed by atoms with Crippen LogP contribution in [-0.2, 0) is 19.4 Å². The monoisotopic (exact) mass is 463 g/mol. The molecule has 0 bridgehead atoms. The molecule has 0 fully saturated rings. The normalized spacial score (nSPS) is 13.4. The molecule has 1 aliphatic rings.